The van der Waals surface area contributed by atoms with Gasteiger partial charge >= 0.3 is 0 Å². The molecule has 1 amide bonds. The Morgan fingerprint density at radius 2 is 2.00 bits per heavy atom. The predicted octanol–water partition coefficient (Wildman–Crippen LogP) is 3.10. The fourth-order valence-corrected chi connectivity index (χ4v) is 1.75. The molecular formula is C15H10F2N2O2. The Morgan fingerprint density at radius 1 is 1.24 bits per heavy atom. The summed E-state index contributed by atoms with van der Waals surface area (Å²) in [6, 6.07) is 9.39. The number of carbonyl (C=O) groups is 1. The number of ether oxygens (including phenoxy) is 1. The van der Waals surface area contributed by atoms with Crippen molar-refractivity contribution in [2.24, 2.45) is 0 Å². The molecule has 2 aromatic carbocycles. The highest BCUT2D eigenvalue weighted by atomic mass is 19.2. The molecule has 21 heavy (non-hydrogen) atoms. The van der Waals surface area contributed by atoms with E-state index in [1.54, 1.807) is 12.1 Å². The van der Waals surface area contributed by atoms with Gasteiger partial charge in [-0.1, -0.05) is 6.07 Å². The molecule has 2 aromatic rings. The van der Waals surface area contributed by atoms with Crippen LogP contribution in [-0.4, -0.2) is 13.0 Å². The first-order valence-electron chi connectivity index (χ1n) is 5.90. The zero-order valence-corrected chi connectivity index (χ0v) is 11.0. The van der Waals surface area contributed by atoms with Crippen molar-refractivity contribution in [2.45, 2.75) is 0 Å². The second-order valence-electron chi connectivity index (χ2n) is 4.08. The Morgan fingerprint density at radius 3 is 2.62 bits per heavy atom. The van der Waals surface area contributed by atoms with E-state index in [4.69, 9.17) is 10.00 Å². The van der Waals surface area contributed by atoms with E-state index in [1.807, 2.05) is 6.07 Å². The molecule has 0 radical (unpaired) electrons. The number of nitrogens with zero attached hydrogens (tertiary/aromatic N) is 1. The average Bonchev–Trinajstić information content (AvgIpc) is 2.50. The van der Waals surface area contributed by atoms with Crippen LogP contribution in [0.4, 0.5) is 14.5 Å². The number of hydrogen-bond donors (Lipinski definition) is 1. The third-order valence-electron chi connectivity index (χ3n) is 2.79. The molecule has 0 aliphatic heterocycles. The van der Waals surface area contributed by atoms with Gasteiger partial charge in [0.25, 0.3) is 5.91 Å². The molecule has 0 saturated carbocycles. The fourth-order valence-electron chi connectivity index (χ4n) is 1.75. The molecule has 0 aliphatic rings. The number of para-hydroxylation sites is 1. The quantitative estimate of drug-likeness (QED) is 0.944. The van der Waals surface area contributed by atoms with Crippen molar-refractivity contribution in [2.75, 3.05) is 12.4 Å². The van der Waals surface area contributed by atoms with Gasteiger partial charge in [-0.2, -0.15) is 5.26 Å². The third-order valence-corrected chi connectivity index (χ3v) is 2.79. The molecule has 0 aliphatic carbocycles. The summed E-state index contributed by atoms with van der Waals surface area (Å²) in [5.41, 5.74) is 0.311. The van der Waals surface area contributed by atoms with Gasteiger partial charge in [-0.05, 0) is 30.3 Å². The third kappa shape index (κ3) is 2.98. The zero-order valence-electron chi connectivity index (χ0n) is 11.0. The van der Waals surface area contributed by atoms with E-state index in [0.717, 1.165) is 18.2 Å². The van der Waals surface area contributed by atoms with E-state index < -0.39 is 17.5 Å². The molecule has 0 aromatic heterocycles. The molecule has 0 fully saturated rings. The van der Waals surface area contributed by atoms with E-state index in [1.165, 1.54) is 13.2 Å². The lowest BCUT2D eigenvalue weighted by Crippen LogP contribution is -2.14. The van der Waals surface area contributed by atoms with Crippen LogP contribution < -0.4 is 10.1 Å². The van der Waals surface area contributed by atoms with Crippen molar-refractivity contribution < 1.29 is 18.3 Å². The number of anilines is 1. The standard InChI is InChI=1S/C15H10F2N2O2/c1-21-13-4-2-3-10(8-18)14(13)19-15(20)9-5-6-11(16)12(17)7-9/h2-7H,1H3,(H,19,20). The Kier molecular flexibility index (Phi) is 4.14. The molecule has 0 heterocycles. The molecule has 0 unspecified atom stereocenters. The molecule has 4 nitrogen and oxygen atoms in total. The summed E-state index contributed by atoms with van der Waals surface area (Å²) < 4.78 is 31.1. The number of halogens is 2. The molecule has 1 N–H and O–H groups in total. The van der Waals surface area contributed by atoms with Crippen LogP contribution in [0.1, 0.15) is 15.9 Å². The van der Waals surface area contributed by atoms with Gasteiger partial charge in [-0.15, -0.1) is 0 Å². The van der Waals surface area contributed by atoms with Gasteiger partial charge in [0.1, 0.15) is 17.5 Å². The minimum Gasteiger partial charge on any atom is -0.495 e. The highest BCUT2D eigenvalue weighted by Crippen LogP contribution is 2.28. The molecular weight excluding hydrogens is 278 g/mol. The van der Waals surface area contributed by atoms with Gasteiger partial charge in [0.05, 0.1) is 12.7 Å². The molecule has 0 atom stereocenters. The zero-order chi connectivity index (χ0) is 15.4. The smallest absolute Gasteiger partial charge is 0.255 e. The van der Waals surface area contributed by atoms with Crippen molar-refractivity contribution in [1.82, 2.24) is 0 Å². The Hall–Kier alpha value is -2.94. The average molecular weight is 288 g/mol. The van der Waals surface area contributed by atoms with Crippen molar-refractivity contribution in [3.8, 4) is 11.8 Å². The lowest BCUT2D eigenvalue weighted by Gasteiger charge is -2.11. The summed E-state index contributed by atoms with van der Waals surface area (Å²) in [7, 11) is 1.39. The first kappa shape index (κ1) is 14.5. The Bertz CT molecular complexity index is 739. The minimum absolute atomic E-state index is 0.0660. The molecule has 0 bridgehead atoms. The molecule has 106 valence electrons. The van der Waals surface area contributed by atoms with Crippen LogP contribution in [-0.2, 0) is 0 Å². The molecule has 6 heteroatoms. The lowest BCUT2D eigenvalue weighted by molar-refractivity contribution is 0.102. The van der Waals surface area contributed by atoms with Crippen molar-refractivity contribution in [1.29, 1.82) is 5.26 Å². The van der Waals surface area contributed by atoms with Crippen LogP contribution in [0.2, 0.25) is 0 Å². The van der Waals surface area contributed by atoms with E-state index in [0.29, 0.717) is 5.75 Å². The van der Waals surface area contributed by atoms with Gasteiger partial charge in [-0.3, -0.25) is 4.79 Å². The number of nitriles is 1. The van der Waals surface area contributed by atoms with Crippen LogP contribution in [0.15, 0.2) is 36.4 Å². The number of carbonyl (C=O) groups excluding carboxylic acids is 1. The fraction of sp³-hybridized carbons (Fsp3) is 0.0667. The van der Waals surface area contributed by atoms with Crippen LogP contribution in [0.5, 0.6) is 5.75 Å². The van der Waals surface area contributed by atoms with E-state index in [2.05, 4.69) is 5.32 Å². The van der Waals surface area contributed by atoms with Crippen molar-refractivity contribution in [3.63, 3.8) is 0 Å². The molecule has 0 spiro atoms. The largest absolute Gasteiger partial charge is 0.495 e. The maximum atomic E-state index is 13.1. The summed E-state index contributed by atoms with van der Waals surface area (Å²) in [4.78, 5) is 12.0. The maximum absolute atomic E-state index is 13.1. The number of amides is 1. The van der Waals surface area contributed by atoms with Crippen LogP contribution >= 0.6 is 0 Å². The van der Waals surface area contributed by atoms with Gasteiger partial charge in [0.2, 0.25) is 0 Å². The van der Waals surface area contributed by atoms with E-state index >= 15 is 0 Å². The second-order valence-corrected chi connectivity index (χ2v) is 4.08. The minimum atomic E-state index is -1.12. The number of rotatable bonds is 3. The molecule has 0 saturated heterocycles. The van der Waals surface area contributed by atoms with Gasteiger partial charge in [-0.25, -0.2) is 8.78 Å². The summed E-state index contributed by atoms with van der Waals surface area (Å²) in [6.45, 7) is 0. The Labute approximate surface area is 119 Å². The monoisotopic (exact) mass is 288 g/mol. The summed E-state index contributed by atoms with van der Waals surface area (Å²) in [5, 5.41) is 11.5. The Balaban J connectivity index is 2.36. The summed E-state index contributed by atoms with van der Waals surface area (Å²) >= 11 is 0. The lowest BCUT2D eigenvalue weighted by atomic mass is 10.1. The molecule has 2 rings (SSSR count). The summed E-state index contributed by atoms with van der Waals surface area (Å²) in [6.07, 6.45) is 0. The van der Waals surface area contributed by atoms with Gasteiger partial charge in [0.15, 0.2) is 11.6 Å². The summed E-state index contributed by atoms with van der Waals surface area (Å²) in [5.74, 6) is -2.54. The highest BCUT2D eigenvalue weighted by molar-refractivity contribution is 6.05. The number of nitrogens with one attached hydrogen (secondary N) is 1. The highest BCUT2D eigenvalue weighted by Gasteiger charge is 2.15. The normalized spacial score (nSPS) is 9.81. The van der Waals surface area contributed by atoms with Gasteiger partial charge in [0, 0.05) is 5.56 Å². The topological polar surface area (TPSA) is 62.1 Å². The second kappa shape index (κ2) is 6.01. The first-order valence-corrected chi connectivity index (χ1v) is 5.90. The van der Waals surface area contributed by atoms with E-state index in [9.17, 15) is 13.6 Å². The predicted molar refractivity (Wildman–Crippen MR) is 72.0 cm³/mol. The maximum Gasteiger partial charge on any atom is 0.255 e. The van der Waals surface area contributed by atoms with Crippen LogP contribution in [0.25, 0.3) is 0 Å². The van der Waals surface area contributed by atoms with Crippen molar-refractivity contribution >= 4 is 11.6 Å². The SMILES string of the molecule is COc1cccc(C#N)c1NC(=O)c1ccc(F)c(F)c1. The van der Waals surface area contributed by atoms with E-state index in [-0.39, 0.29) is 16.8 Å². The van der Waals surface area contributed by atoms with Crippen molar-refractivity contribution in [3.05, 3.63) is 59.2 Å². The van der Waals surface area contributed by atoms with Crippen LogP contribution in [0, 0.1) is 23.0 Å². The number of benzene rings is 2. The number of methoxy groups -OCH3 is 1. The van der Waals surface area contributed by atoms with Crippen LogP contribution in [0.3, 0.4) is 0 Å². The first-order chi connectivity index (χ1) is 10.1. The van der Waals surface area contributed by atoms with Gasteiger partial charge < -0.3 is 10.1 Å². The number of hydrogen-bond acceptors (Lipinski definition) is 3.